The van der Waals surface area contributed by atoms with Crippen LogP contribution in [0.3, 0.4) is 0 Å². The summed E-state index contributed by atoms with van der Waals surface area (Å²) in [5.74, 6) is 0.521. The van der Waals surface area contributed by atoms with Crippen LogP contribution in [0.1, 0.15) is 24.2 Å². The number of carbonyl (C=O) groups excluding carboxylic acids is 1. The Morgan fingerprint density at radius 3 is 2.81 bits per heavy atom. The molecule has 3 N–H and O–H groups in total. The molecule has 0 atom stereocenters. The zero-order chi connectivity index (χ0) is 22.1. The summed E-state index contributed by atoms with van der Waals surface area (Å²) >= 11 is 0. The molecular formula is C21H22FN7O2. The fourth-order valence-electron chi connectivity index (χ4n) is 3.17. The lowest BCUT2D eigenvalue weighted by molar-refractivity contribution is 0.0940. The summed E-state index contributed by atoms with van der Waals surface area (Å²) < 4.78 is 21.6. The van der Waals surface area contributed by atoms with E-state index < -0.39 is 5.82 Å². The molecule has 9 nitrogen and oxygen atoms in total. The van der Waals surface area contributed by atoms with Gasteiger partial charge in [0.15, 0.2) is 11.6 Å². The molecule has 0 aliphatic carbocycles. The first-order valence-corrected chi connectivity index (χ1v) is 9.66. The summed E-state index contributed by atoms with van der Waals surface area (Å²) in [4.78, 5) is 16.8. The number of halogens is 1. The molecule has 2 aromatic carbocycles. The van der Waals surface area contributed by atoms with Crippen molar-refractivity contribution in [3.63, 3.8) is 0 Å². The highest BCUT2D eigenvalue weighted by Gasteiger charge is 2.17. The number of aromatic amines is 1. The third-order valence-corrected chi connectivity index (χ3v) is 4.69. The van der Waals surface area contributed by atoms with Crippen LogP contribution in [0.5, 0.6) is 5.75 Å². The van der Waals surface area contributed by atoms with Gasteiger partial charge in [0.1, 0.15) is 5.75 Å². The topological polar surface area (TPSA) is 110 Å². The van der Waals surface area contributed by atoms with Crippen molar-refractivity contribution in [2.45, 2.75) is 19.9 Å². The standard InChI is InChI=1S/C21H22FN7O2/c1-11(2)24-20(30)13-6-5-12(9-17(13)31-4)19-26-21(29(3)28-19)25-16-8-7-15-14(18(16)22)10-23-27-15/h5-11H,1-4H3,(H,23,27)(H,24,30)(H,25,26,28). The van der Waals surface area contributed by atoms with Crippen molar-refractivity contribution in [1.82, 2.24) is 30.3 Å². The van der Waals surface area contributed by atoms with Crippen LogP contribution < -0.4 is 15.4 Å². The maximum absolute atomic E-state index is 14.7. The Morgan fingerprint density at radius 2 is 2.06 bits per heavy atom. The Morgan fingerprint density at radius 1 is 1.26 bits per heavy atom. The van der Waals surface area contributed by atoms with Gasteiger partial charge in [-0.25, -0.2) is 9.07 Å². The van der Waals surface area contributed by atoms with Crippen molar-refractivity contribution < 1.29 is 13.9 Å². The number of aryl methyl sites for hydroxylation is 1. The average Bonchev–Trinajstić information content (AvgIpc) is 3.36. The van der Waals surface area contributed by atoms with Crippen LogP contribution in [0.25, 0.3) is 22.3 Å². The van der Waals surface area contributed by atoms with Gasteiger partial charge in [0, 0.05) is 18.7 Å². The number of H-pyrrole nitrogens is 1. The molecule has 10 heteroatoms. The Kier molecular flexibility index (Phi) is 5.28. The number of benzene rings is 2. The molecule has 0 bridgehead atoms. The maximum Gasteiger partial charge on any atom is 0.255 e. The summed E-state index contributed by atoms with van der Waals surface area (Å²) in [6.45, 7) is 3.77. The second-order valence-electron chi connectivity index (χ2n) is 7.31. The van der Waals surface area contributed by atoms with E-state index in [-0.39, 0.29) is 17.6 Å². The molecule has 0 saturated carbocycles. The van der Waals surface area contributed by atoms with Gasteiger partial charge in [-0.1, -0.05) is 6.07 Å². The van der Waals surface area contributed by atoms with E-state index in [9.17, 15) is 9.18 Å². The van der Waals surface area contributed by atoms with Gasteiger partial charge in [-0.2, -0.15) is 10.1 Å². The van der Waals surface area contributed by atoms with Gasteiger partial charge in [0.05, 0.1) is 35.5 Å². The normalized spacial score (nSPS) is 11.2. The Labute approximate surface area is 177 Å². The van der Waals surface area contributed by atoms with Gasteiger partial charge < -0.3 is 15.4 Å². The third kappa shape index (κ3) is 3.91. The number of nitrogens with one attached hydrogen (secondary N) is 3. The van der Waals surface area contributed by atoms with E-state index in [2.05, 4.69) is 30.9 Å². The SMILES string of the molecule is COc1cc(-c2nc(Nc3ccc4[nH]ncc4c3F)n(C)n2)ccc1C(=O)NC(C)C. The molecular weight excluding hydrogens is 401 g/mol. The van der Waals surface area contributed by atoms with Crippen LogP contribution in [0.4, 0.5) is 16.0 Å². The number of hydrogen-bond acceptors (Lipinski definition) is 6. The van der Waals surface area contributed by atoms with Gasteiger partial charge in [-0.3, -0.25) is 9.89 Å². The van der Waals surface area contributed by atoms with Crippen molar-refractivity contribution in [2.75, 3.05) is 12.4 Å². The minimum atomic E-state index is -0.432. The van der Waals surface area contributed by atoms with E-state index in [1.54, 1.807) is 37.4 Å². The van der Waals surface area contributed by atoms with Crippen LogP contribution in [0, 0.1) is 5.82 Å². The summed E-state index contributed by atoms with van der Waals surface area (Å²) in [5, 5.41) is 17.2. The number of anilines is 2. The van der Waals surface area contributed by atoms with Crippen molar-refractivity contribution in [3.8, 4) is 17.1 Å². The number of ether oxygens (including phenoxy) is 1. The van der Waals surface area contributed by atoms with Gasteiger partial charge in [0.25, 0.3) is 5.91 Å². The quantitative estimate of drug-likeness (QED) is 0.439. The molecule has 0 aliphatic heterocycles. The smallest absolute Gasteiger partial charge is 0.255 e. The van der Waals surface area contributed by atoms with Crippen molar-refractivity contribution in [3.05, 3.63) is 47.9 Å². The molecule has 0 aliphatic rings. The molecule has 0 fully saturated rings. The van der Waals surface area contributed by atoms with Crippen LogP contribution in [-0.2, 0) is 7.05 Å². The van der Waals surface area contributed by atoms with Crippen molar-refractivity contribution in [1.29, 1.82) is 0 Å². The first kappa shape index (κ1) is 20.3. The van der Waals surface area contributed by atoms with Crippen molar-refractivity contribution >= 4 is 28.4 Å². The van der Waals surface area contributed by atoms with Gasteiger partial charge in [-0.05, 0) is 38.1 Å². The fourth-order valence-corrected chi connectivity index (χ4v) is 3.17. The number of carbonyl (C=O) groups is 1. The number of fused-ring (bicyclic) bond motifs is 1. The second-order valence-corrected chi connectivity index (χ2v) is 7.31. The van der Waals surface area contributed by atoms with Crippen LogP contribution in [0.2, 0.25) is 0 Å². The van der Waals surface area contributed by atoms with Crippen LogP contribution in [-0.4, -0.2) is 44.0 Å². The van der Waals surface area contributed by atoms with E-state index in [1.807, 2.05) is 13.8 Å². The zero-order valence-corrected chi connectivity index (χ0v) is 17.5. The van der Waals surface area contributed by atoms with E-state index >= 15 is 0 Å². The fraction of sp³-hybridized carbons (Fsp3) is 0.238. The van der Waals surface area contributed by atoms with Gasteiger partial charge in [0.2, 0.25) is 5.95 Å². The number of hydrogen-bond donors (Lipinski definition) is 3. The minimum Gasteiger partial charge on any atom is -0.496 e. The van der Waals surface area contributed by atoms with E-state index in [0.717, 1.165) is 0 Å². The average molecular weight is 423 g/mol. The molecule has 0 spiro atoms. The molecule has 2 heterocycles. The lowest BCUT2D eigenvalue weighted by atomic mass is 10.1. The predicted octanol–water partition coefficient (Wildman–Crippen LogP) is 3.39. The number of aromatic nitrogens is 5. The van der Waals surface area contributed by atoms with Crippen LogP contribution >= 0.6 is 0 Å². The Hall–Kier alpha value is -3.95. The van der Waals surface area contributed by atoms with Gasteiger partial charge >= 0.3 is 0 Å². The number of nitrogens with zero attached hydrogens (tertiary/aromatic N) is 4. The summed E-state index contributed by atoms with van der Waals surface area (Å²) in [5.41, 5.74) is 1.95. The zero-order valence-electron chi connectivity index (χ0n) is 17.5. The second kappa shape index (κ2) is 8.05. The van der Waals surface area contributed by atoms with Crippen LogP contribution in [0.15, 0.2) is 36.5 Å². The molecule has 0 radical (unpaired) electrons. The monoisotopic (exact) mass is 423 g/mol. The molecule has 4 aromatic rings. The highest BCUT2D eigenvalue weighted by atomic mass is 19.1. The molecule has 0 unspecified atom stereocenters. The largest absolute Gasteiger partial charge is 0.496 e. The number of methoxy groups -OCH3 is 1. The predicted molar refractivity (Wildman–Crippen MR) is 115 cm³/mol. The Balaban J connectivity index is 1.63. The number of rotatable bonds is 6. The van der Waals surface area contributed by atoms with Crippen molar-refractivity contribution in [2.24, 2.45) is 7.05 Å². The molecule has 2 aromatic heterocycles. The highest BCUT2D eigenvalue weighted by molar-refractivity contribution is 5.97. The molecule has 1 amide bonds. The highest BCUT2D eigenvalue weighted by Crippen LogP contribution is 2.29. The first-order chi connectivity index (χ1) is 14.9. The summed E-state index contributed by atoms with van der Waals surface area (Å²) in [6, 6.07) is 8.46. The molecule has 160 valence electrons. The summed E-state index contributed by atoms with van der Waals surface area (Å²) in [6.07, 6.45) is 1.43. The number of amides is 1. The molecule has 4 rings (SSSR count). The maximum atomic E-state index is 14.7. The molecule has 0 saturated heterocycles. The minimum absolute atomic E-state index is 0.00429. The summed E-state index contributed by atoms with van der Waals surface area (Å²) in [7, 11) is 3.20. The van der Waals surface area contributed by atoms with E-state index in [1.165, 1.54) is 18.0 Å². The Bertz CT molecular complexity index is 1260. The third-order valence-electron chi connectivity index (χ3n) is 4.69. The molecule has 31 heavy (non-hydrogen) atoms. The van der Waals surface area contributed by atoms with E-state index in [0.29, 0.717) is 39.6 Å². The lowest BCUT2D eigenvalue weighted by Crippen LogP contribution is -2.30. The van der Waals surface area contributed by atoms with Gasteiger partial charge in [-0.15, -0.1) is 5.10 Å². The lowest BCUT2D eigenvalue weighted by Gasteiger charge is -2.12. The first-order valence-electron chi connectivity index (χ1n) is 9.66. The van der Waals surface area contributed by atoms with E-state index in [4.69, 9.17) is 4.74 Å².